The molecule has 40 heavy (non-hydrogen) atoms. The lowest BCUT2D eigenvalue weighted by molar-refractivity contribution is 0.112. The first kappa shape index (κ1) is 31.0. The van der Waals surface area contributed by atoms with Gasteiger partial charge in [0.15, 0.2) is 16.5 Å². The molecule has 0 saturated carbocycles. The number of aryl methyl sites for hydroxylation is 1. The van der Waals surface area contributed by atoms with Gasteiger partial charge in [0.25, 0.3) is 0 Å². The lowest BCUT2D eigenvalue weighted by atomic mass is 10.3. The van der Waals surface area contributed by atoms with Crippen molar-refractivity contribution in [2.45, 2.75) is 14.4 Å². The van der Waals surface area contributed by atoms with Gasteiger partial charge in [-0.2, -0.15) is 0 Å². The maximum atomic E-state index is 10.2. The molecule has 0 saturated heterocycles. The van der Waals surface area contributed by atoms with Gasteiger partial charge in [-0.3, -0.25) is 4.79 Å². The molecule has 0 aliphatic heterocycles. The van der Waals surface area contributed by atoms with E-state index in [1.165, 1.54) is 20.7 Å². The van der Waals surface area contributed by atoms with Crippen LogP contribution in [-0.4, -0.2) is 54.4 Å². The van der Waals surface area contributed by atoms with Crippen LogP contribution < -0.4 is 9.80 Å². The summed E-state index contributed by atoms with van der Waals surface area (Å²) in [4.78, 5) is 33.1. The van der Waals surface area contributed by atoms with Crippen molar-refractivity contribution < 1.29 is 4.79 Å². The van der Waals surface area contributed by atoms with Crippen molar-refractivity contribution in [2.75, 3.05) is 38.0 Å². The van der Waals surface area contributed by atoms with Gasteiger partial charge in [-0.05, 0) is 43.3 Å². The van der Waals surface area contributed by atoms with E-state index in [9.17, 15) is 4.79 Å². The van der Waals surface area contributed by atoms with Gasteiger partial charge in [-0.25, -0.2) is 19.9 Å². The number of carbonyl (C=O) groups excluding carboxylic acids is 1. The molecule has 0 aliphatic carbocycles. The number of nitrogens with zero attached hydrogens (tertiary/aromatic N) is 6. The number of aldehydes is 1. The molecule has 7 nitrogen and oxygen atoms in total. The Morgan fingerprint density at radius 1 is 0.675 bits per heavy atom. The van der Waals surface area contributed by atoms with Crippen molar-refractivity contribution in [2.24, 2.45) is 0 Å². The van der Waals surface area contributed by atoms with Gasteiger partial charge in [-0.15, -0.1) is 22.7 Å². The Labute approximate surface area is 251 Å². The van der Waals surface area contributed by atoms with E-state index in [1.807, 2.05) is 87.5 Å². The number of thiazole rings is 4. The Morgan fingerprint density at radius 3 is 1.70 bits per heavy atom. The highest BCUT2D eigenvalue weighted by atomic mass is 32.1. The zero-order valence-electron chi connectivity index (χ0n) is 22.2. The molecule has 11 heteroatoms. The molecular weight excluding hydrogens is 577 g/mol. The molecule has 0 N–H and O–H groups in total. The molecule has 0 amide bonds. The van der Waals surface area contributed by atoms with Gasteiger partial charge < -0.3 is 9.80 Å². The SMILES string of the molecule is C.CN(C)c1ncc(/C=C/c2nc3ccccc3s2)s1.CN(C)c1ncc(C=O)s1.Cc1nc2ccccc2s1. The molecule has 0 spiro atoms. The highest BCUT2D eigenvalue weighted by Gasteiger charge is 2.03. The first-order valence-corrected chi connectivity index (χ1v) is 15.2. The third kappa shape index (κ3) is 8.49. The van der Waals surface area contributed by atoms with Crippen LogP contribution in [0.5, 0.6) is 0 Å². The standard InChI is InChI=1S/C14H13N3S2.C8H7NS.C6H8N2OS.CH4/c1-17(2)14-15-9-10(18-14)7-8-13-16-11-5-3-4-6-12(11)19-13;1-6-9-7-4-2-3-5-8(7)10-6;1-8(2)6-7-3-5(4-9)10-6;/h3-9H,1-2H3;2-5H,1H3;3-4H,1-2H3;1H4/b8-7+;;;. The van der Waals surface area contributed by atoms with Crippen LogP contribution in [0.4, 0.5) is 10.3 Å². The van der Waals surface area contributed by atoms with Crippen molar-refractivity contribution >= 4 is 94.5 Å². The third-order valence-electron chi connectivity index (χ3n) is 5.01. The molecule has 0 fully saturated rings. The smallest absolute Gasteiger partial charge is 0.185 e. The zero-order valence-corrected chi connectivity index (χ0v) is 25.5. The van der Waals surface area contributed by atoms with Crippen molar-refractivity contribution in [1.29, 1.82) is 0 Å². The van der Waals surface area contributed by atoms with Gasteiger partial charge in [0.2, 0.25) is 0 Å². The zero-order chi connectivity index (χ0) is 27.8. The van der Waals surface area contributed by atoms with Gasteiger partial charge in [0.05, 0.1) is 36.5 Å². The van der Waals surface area contributed by atoms with E-state index in [2.05, 4.69) is 44.2 Å². The summed E-state index contributed by atoms with van der Waals surface area (Å²) < 4.78 is 2.50. The fourth-order valence-corrected chi connectivity index (χ4v) is 6.29. The van der Waals surface area contributed by atoms with E-state index in [1.54, 1.807) is 40.2 Å². The number of hydrogen-bond donors (Lipinski definition) is 0. The molecule has 6 rings (SSSR count). The monoisotopic (exact) mass is 608 g/mol. The van der Waals surface area contributed by atoms with E-state index < -0.39 is 0 Å². The van der Waals surface area contributed by atoms with Gasteiger partial charge in [0, 0.05) is 39.3 Å². The number of aromatic nitrogens is 4. The van der Waals surface area contributed by atoms with E-state index in [0.29, 0.717) is 4.88 Å². The second kappa shape index (κ2) is 14.8. The molecule has 2 aromatic carbocycles. The number of hydrogen-bond acceptors (Lipinski definition) is 11. The summed E-state index contributed by atoms with van der Waals surface area (Å²) in [5.41, 5.74) is 2.18. The Hall–Kier alpha value is -3.51. The lowest BCUT2D eigenvalue weighted by Gasteiger charge is -2.04. The quantitative estimate of drug-likeness (QED) is 0.182. The molecular formula is C29H32N6OS4. The maximum absolute atomic E-state index is 10.2. The second-order valence-electron chi connectivity index (χ2n) is 8.55. The van der Waals surface area contributed by atoms with E-state index in [0.717, 1.165) is 42.5 Å². The van der Waals surface area contributed by atoms with Crippen LogP contribution in [0.25, 0.3) is 32.6 Å². The summed E-state index contributed by atoms with van der Waals surface area (Å²) in [5, 5.41) is 4.05. The number of rotatable bonds is 5. The molecule has 6 aromatic rings. The summed E-state index contributed by atoms with van der Waals surface area (Å²) in [6.45, 7) is 2.03. The molecule has 0 atom stereocenters. The highest BCUT2D eigenvalue weighted by molar-refractivity contribution is 7.19. The predicted molar refractivity (Wildman–Crippen MR) is 178 cm³/mol. The van der Waals surface area contributed by atoms with Gasteiger partial charge in [0.1, 0.15) is 5.01 Å². The minimum Gasteiger partial charge on any atom is -0.354 e. The van der Waals surface area contributed by atoms with Crippen molar-refractivity contribution in [3.8, 4) is 0 Å². The largest absolute Gasteiger partial charge is 0.354 e. The van der Waals surface area contributed by atoms with Crippen LogP contribution in [-0.2, 0) is 0 Å². The Morgan fingerprint density at radius 2 is 1.20 bits per heavy atom. The van der Waals surface area contributed by atoms with Crippen molar-refractivity contribution in [1.82, 2.24) is 19.9 Å². The fraction of sp³-hybridized carbons (Fsp3) is 0.207. The molecule has 0 bridgehead atoms. The van der Waals surface area contributed by atoms with Crippen LogP contribution in [0.2, 0.25) is 0 Å². The van der Waals surface area contributed by atoms with Crippen LogP contribution in [0.1, 0.15) is 32.0 Å². The van der Waals surface area contributed by atoms with Crippen LogP contribution >= 0.6 is 45.3 Å². The van der Waals surface area contributed by atoms with Gasteiger partial charge in [-0.1, -0.05) is 54.4 Å². The lowest BCUT2D eigenvalue weighted by Crippen LogP contribution is -2.07. The van der Waals surface area contributed by atoms with E-state index in [-0.39, 0.29) is 7.43 Å². The number of benzene rings is 2. The number of carbonyl (C=O) groups is 1. The summed E-state index contributed by atoms with van der Waals surface area (Å²) in [6, 6.07) is 16.4. The second-order valence-corrected chi connectivity index (χ2v) is 12.9. The highest BCUT2D eigenvalue weighted by Crippen LogP contribution is 2.26. The van der Waals surface area contributed by atoms with E-state index in [4.69, 9.17) is 0 Å². The molecule has 208 valence electrons. The summed E-state index contributed by atoms with van der Waals surface area (Å²) in [5.74, 6) is 0. The van der Waals surface area contributed by atoms with Crippen LogP contribution in [0.3, 0.4) is 0 Å². The first-order chi connectivity index (χ1) is 18.8. The first-order valence-electron chi connectivity index (χ1n) is 11.9. The van der Waals surface area contributed by atoms with Gasteiger partial charge >= 0.3 is 0 Å². The molecule has 4 heterocycles. The normalized spacial score (nSPS) is 10.4. The minimum absolute atomic E-state index is 0. The summed E-state index contributed by atoms with van der Waals surface area (Å²) in [6.07, 6.45) is 8.40. The molecule has 0 aliphatic rings. The van der Waals surface area contributed by atoms with Crippen molar-refractivity contribution in [3.05, 3.63) is 80.7 Å². The summed E-state index contributed by atoms with van der Waals surface area (Å²) in [7, 11) is 7.79. The van der Waals surface area contributed by atoms with E-state index >= 15 is 0 Å². The number of para-hydroxylation sites is 2. The molecule has 0 unspecified atom stereocenters. The molecule has 0 radical (unpaired) electrons. The average Bonchev–Trinajstić information content (AvgIpc) is 3.72. The number of fused-ring (bicyclic) bond motifs is 2. The number of anilines is 2. The Bertz CT molecular complexity index is 1610. The van der Waals surface area contributed by atoms with Crippen molar-refractivity contribution in [3.63, 3.8) is 0 Å². The topological polar surface area (TPSA) is 75.1 Å². The fourth-order valence-electron chi connectivity index (χ4n) is 3.20. The van der Waals surface area contributed by atoms with Crippen LogP contribution in [0.15, 0.2) is 60.9 Å². The summed E-state index contributed by atoms with van der Waals surface area (Å²) >= 11 is 6.51. The maximum Gasteiger partial charge on any atom is 0.185 e. The minimum atomic E-state index is 0. The average molecular weight is 609 g/mol. The Balaban J connectivity index is 0.000000178. The predicted octanol–water partition coefficient (Wildman–Crippen LogP) is 8.25. The third-order valence-corrected chi connectivity index (χ3v) is 9.18. The van der Waals surface area contributed by atoms with Crippen LogP contribution in [0, 0.1) is 6.92 Å². The molecule has 4 aromatic heterocycles. The Kier molecular flexibility index (Phi) is 11.4.